The monoisotopic (exact) mass is 421 g/mol. The summed E-state index contributed by atoms with van der Waals surface area (Å²) in [6.45, 7) is 7.68. The Kier molecular flexibility index (Phi) is 7.93. The van der Waals surface area contributed by atoms with E-state index in [4.69, 9.17) is 4.99 Å². The molecule has 1 unspecified atom stereocenters. The number of amides is 1. The minimum absolute atomic E-state index is 0.0298. The number of carbonyl (C=O) groups excluding carboxylic acids is 1. The van der Waals surface area contributed by atoms with Crippen molar-refractivity contribution in [1.29, 1.82) is 0 Å². The number of aliphatic imine (C=N–C) groups is 1. The zero-order chi connectivity index (χ0) is 22.2. The van der Waals surface area contributed by atoms with E-state index in [1.807, 2.05) is 18.2 Å². The molecule has 2 aromatic rings. The number of nitrogens with one attached hydrogen (secondary N) is 2. The first-order chi connectivity index (χ1) is 15.0. The average molecular weight is 422 g/mol. The third kappa shape index (κ3) is 6.00. The molecule has 0 spiro atoms. The van der Waals surface area contributed by atoms with Gasteiger partial charge in [-0.2, -0.15) is 0 Å². The highest BCUT2D eigenvalue weighted by atomic mass is 16.2. The van der Waals surface area contributed by atoms with Crippen LogP contribution in [0.15, 0.2) is 53.5 Å². The molecule has 1 heterocycles. The SMILES string of the molecule is CCNC(=NCC(C)N1CCc2ccccc21)NCCc1cccc(C(=O)N(C)C)c1. The summed E-state index contributed by atoms with van der Waals surface area (Å²) in [6, 6.07) is 16.8. The zero-order valence-corrected chi connectivity index (χ0v) is 19.2. The van der Waals surface area contributed by atoms with Crippen LogP contribution in [-0.4, -0.2) is 63.1 Å². The Morgan fingerprint density at radius 2 is 1.97 bits per heavy atom. The standard InChI is InChI=1S/C25H35N5O/c1-5-26-25(27-15-13-20-9-8-11-22(17-20)24(31)29(3)4)28-18-19(2)30-16-14-21-10-6-7-12-23(21)30/h6-12,17,19H,5,13-16,18H2,1-4H3,(H2,26,27,28). The summed E-state index contributed by atoms with van der Waals surface area (Å²) in [4.78, 5) is 21.1. The second-order valence-electron chi connectivity index (χ2n) is 8.22. The third-order valence-corrected chi connectivity index (χ3v) is 5.60. The lowest BCUT2D eigenvalue weighted by molar-refractivity contribution is 0.0827. The highest BCUT2D eigenvalue weighted by Crippen LogP contribution is 2.29. The molecule has 0 saturated heterocycles. The van der Waals surface area contributed by atoms with Crippen molar-refractivity contribution in [2.45, 2.75) is 32.7 Å². The highest BCUT2D eigenvalue weighted by molar-refractivity contribution is 5.94. The van der Waals surface area contributed by atoms with Gasteiger partial charge in [-0.1, -0.05) is 30.3 Å². The van der Waals surface area contributed by atoms with Crippen molar-refractivity contribution in [2.24, 2.45) is 4.99 Å². The van der Waals surface area contributed by atoms with Crippen LogP contribution in [0.25, 0.3) is 0 Å². The summed E-state index contributed by atoms with van der Waals surface area (Å²) in [6.07, 6.45) is 1.94. The minimum atomic E-state index is 0.0298. The van der Waals surface area contributed by atoms with Crippen LogP contribution in [0.5, 0.6) is 0 Å². The van der Waals surface area contributed by atoms with E-state index in [1.165, 1.54) is 11.3 Å². The van der Waals surface area contributed by atoms with Gasteiger partial charge < -0.3 is 20.4 Å². The van der Waals surface area contributed by atoms with Crippen LogP contribution in [0.4, 0.5) is 5.69 Å². The molecule has 0 aliphatic carbocycles. The van der Waals surface area contributed by atoms with E-state index >= 15 is 0 Å². The molecule has 0 saturated carbocycles. The van der Waals surface area contributed by atoms with Crippen LogP contribution < -0.4 is 15.5 Å². The number of hydrogen-bond acceptors (Lipinski definition) is 3. The number of nitrogens with zero attached hydrogens (tertiary/aromatic N) is 3. The van der Waals surface area contributed by atoms with Crippen molar-refractivity contribution >= 4 is 17.6 Å². The maximum absolute atomic E-state index is 12.2. The van der Waals surface area contributed by atoms with E-state index in [0.29, 0.717) is 6.04 Å². The van der Waals surface area contributed by atoms with Gasteiger partial charge in [0.05, 0.1) is 6.54 Å². The Hall–Kier alpha value is -3.02. The predicted molar refractivity (Wildman–Crippen MR) is 129 cm³/mol. The number of hydrogen-bond donors (Lipinski definition) is 2. The molecule has 0 aromatic heterocycles. The van der Waals surface area contributed by atoms with E-state index in [2.05, 4.69) is 59.7 Å². The Morgan fingerprint density at radius 3 is 2.74 bits per heavy atom. The van der Waals surface area contributed by atoms with Gasteiger partial charge in [-0.3, -0.25) is 9.79 Å². The number of guanidine groups is 1. The molecular formula is C25H35N5O. The largest absolute Gasteiger partial charge is 0.366 e. The van der Waals surface area contributed by atoms with Gasteiger partial charge in [0, 0.05) is 51.0 Å². The van der Waals surface area contributed by atoms with Crippen molar-refractivity contribution in [3.8, 4) is 0 Å². The first-order valence-electron chi connectivity index (χ1n) is 11.2. The van der Waals surface area contributed by atoms with Gasteiger partial charge in [-0.05, 0) is 56.0 Å². The Bertz CT molecular complexity index is 908. The number of benzene rings is 2. The molecule has 31 heavy (non-hydrogen) atoms. The lowest BCUT2D eigenvalue weighted by Crippen LogP contribution is -2.40. The zero-order valence-electron chi connectivity index (χ0n) is 19.2. The molecule has 0 fully saturated rings. The maximum atomic E-state index is 12.2. The lowest BCUT2D eigenvalue weighted by atomic mass is 10.1. The summed E-state index contributed by atoms with van der Waals surface area (Å²) < 4.78 is 0. The Balaban J connectivity index is 1.55. The molecule has 1 amide bonds. The van der Waals surface area contributed by atoms with Crippen LogP contribution >= 0.6 is 0 Å². The fourth-order valence-electron chi connectivity index (χ4n) is 3.93. The van der Waals surface area contributed by atoms with Crippen molar-refractivity contribution in [2.75, 3.05) is 45.2 Å². The van der Waals surface area contributed by atoms with E-state index in [0.717, 1.165) is 56.1 Å². The maximum Gasteiger partial charge on any atom is 0.253 e. The van der Waals surface area contributed by atoms with Crippen LogP contribution in [0, 0.1) is 0 Å². The summed E-state index contributed by atoms with van der Waals surface area (Å²) in [5, 5.41) is 6.77. The van der Waals surface area contributed by atoms with E-state index in [-0.39, 0.29) is 5.91 Å². The molecule has 2 aromatic carbocycles. The normalized spacial score (nSPS) is 14.2. The minimum Gasteiger partial charge on any atom is -0.366 e. The van der Waals surface area contributed by atoms with Gasteiger partial charge in [0.1, 0.15) is 0 Å². The summed E-state index contributed by atoms with van der Waals surface area (Å²) in [5.41, 5.74) is 4.63. The second-order valence-corrected chi connectivity index (χ2v) is 8.22. The van der Waals surface area contributed by atoms with Gasteiger partial charge in [0.2, 0.25) is 0 Å². The predicted octanol–water partition coefficient (Wildman–Crippen LogP) is 2.94. The van der Waals surface area contributed by atoms with Gasteiger partial charge >= 0.3 is 0 Å². The van der Waals surface area contributed by atoms with Crippen molar-refractivity contribution in [1.82, 2.24) is 15.5 Å². The molecule has 166 valence electrons. The molecule has 6 heteroatoms. The van der Waals surface area contributed by atoms with Crippen molar-refractivity contribution in [3.05, 3.63) is 65.2 Å². The Morgan fingerprint density at radius 1 is 1.16 bits per heavy atom. The molecule has 2 N–H and O–H groups in total. The van der Waals surface area contributed by atoms with Gasteiger partial charge in [-0.25, -0.2) is 0 Å². The quantitative estimate of drug-likeness (QED) is 0.508. The first-order valence-corrected chi connectivity index (χ1v) is 11.2. The van der Waals surface area contributed by atoms with Crippen LogP contribution in [0.1, 0.15) is 35.3 Å². The highest BCUT2D eigenvalue weighted by Gasteiger charge is 2.22. The molecule has 1 aliphatic heterocycles. The molecule has 0 bridgehead atoms. The molecule has 0 radical (unpaired) electrons. The topological polar surface area (TPSA) is 60.0 Å². The van der Waals surface area contributed by atoms with Crippen LogP contribution in [0.2, 0.25) is 0 Å². The van der Waals surface area contributed by atoms with Crippen molar-refractivity contribution in [3.63, 3.8) is 0 Å². The van der Waals surface area contributed by atoms with Gasteiger partial charge in [-0.15, -0.1) is 0 Å². The molecular weight excluding hydrogens is 386 g/mol. The third-order valence-electron chi connectivity index (χ3n) is 5.60. The molecule has 1 atom stereocenters. The number of rotatable bonds is 8. The molecule has 1 aliphatic rings. The van der Waals surface area contributed by atoms with E-state index in [9.17, 15) is 4.79 Å². The fraction of sp³-hybridized carbons (Fsp3) is 0.440. The fourth-order valence-corrected chi connectivity index (χ4v) is 3.93. The van der Waals surface area contributed by atoms with Crippen molar-refractivity contribution < 1.29 is 4.79 Å². The number of para-hydroxylation sites is 1. The Labute approximate surface area is 186 Å². The summed E-state index contributed by atoms with van der Waals surface area (Å²) in [5.74, 6) is 0.865. The van der Waals surface area contributed by atoms with Gasteiger partial charge in [0.25, 0.3) is 5.91 Å². The second kappa shape index (κ2) is 10.8. The van der Waals surface area contributed by atoms with Gasteiger partial charge in [0.15, 0.2) is 5.96 Å². The number of anilines is 1. The molecule has 3 rings (SSSR count). The van der Waals surface area contributed by atoms with E-state index in [1.54, 1.807) is 19.0 Å². The summed E-state index contributed by atoms with van der Waals surface area (Å²) in [7, 11) is 3.55. The van der Waals surface area contributed by atoms with Crippen LogP contribution in [0.3, 0.4) is 0 Å². The lowest BCUT2D eigenvalue weighted by Gasteiger charge is -2.26. The smallest absolute Gasteiger partial charge is 0.253 e. The molecule has 6 nitrogen and oxygen atoms in total. The number of fused-ring (bicyclic) bond motifs is 1. The van der Waals surface area contributed by atoms with E-state index < -0.39 is 0 Å². The first kappa shape index (κ1) is 22.7. The van der Waals surface area contributed by atoms with Crippen LogP contribution in [-0.2, 0) is 12.8 Å². The summed E-state index contributed by atoms with van der Waals surface area (Å²) >= 11 is 0. The number of carbonyl (C=O) groups is 1. The average Bonchev–Trinajstić information content (AvgIpc) is 3.21.